The maximum Gasteiger partial charge on any atom is 0.341 e. The third-order valence-corrected chi connectivity index (χ3v) is 6.00. The lowest BCUT2D eigenvalue weighted by Crippen LogP contribution is -2.30. The second kappa shape index (κ2) is 6.02. The number of anilines is 1. The minimum atomic E-state index is -1.42. The van der Waals surface area contributed by atoms with Crippen LogP contribution in [0.2, 0.25) is 0 Å². The van der Waals surface area contributed by atoms with Gasteiger partial charge in [0.2, 0.25) is 5.43 Å². The van der Waals surface area contributed by atoms with Crippen molar-refractivity contribution in [3.8, 4) is 0 Å². The first-order valence-electron chi connectivity index (χ1n) is 8.95. The number of halogens is 2. The Morgan fingerprint density at radius 1 is 1.44 bits per heavy atom. The van der Waals surface area contributed by atoms with Crippen LogP contribution in [-0.4, -0.2) is 41.4 Å². The van der Waals surface area contributed by atoms with Crippen molar-refractivity contribution in [2.24, 2.45) is 11.1 Å². The molecule has 1 aliphatic carbocycles. The minimum Gasteiger partial charge on any atom is -0.477 e. The van der Waals surface area contributed by atoms with Gasteiger partial charge < -0.3 is 20.3 Å². The number of nitrogens with two attached hydrogens (primary N) is 1. The Balaban J connectivity index is 1.95. The lowest BCUT2D eigenvalue weighted by atomic mass is 10.0. The topological polar surface area (TPSA) is 88.6 Å². The van der Waals surface area contributed by atoms with Gasteiger partial charge in [0.1, 0.15) is 18.1 Å². The Kier molecular flexibility index (Phi) is 3.99. The summed E-state index contributed by atoms with van der Waals surface area (Å²) in [6.45, 7) is 1.99. The fraction of sp³-hybridized carbons (Fsp3) is 0.474. The van der Waals surface area contributed by atoms with Crippen LogP contribution >= 0.6 is 0 Å². The van der Waals surface area contributed by atoms with E-state index in [0.717, 1.165) is 25.1 Å². The molecular formula is C19H21F2N3O3. The second-order valence-electron chi connectivity index (χ2n) is 7.64. The van der Waals surface area contributed by atoms with E-state index >= 15 is 4.39 Å². The minimum absolute atomic E-state index is 0.0329. The normalized spacial score (nSPS) is 20.6. The molecule has 2 fully saturated rings. The average molecular weight is 377 g/mol. The van der Waals surface area contributed by atoms with Crippen LogP contribution in [0.15, 0.2) is 17.1 Å². The van der Waals surface area contributed by atoms with Gasteiger partial charge in [-0.1, -0.05) is 0 Å². The number of aromatic carboxylic acids is 1. The van der Waals surface area contributed by atoms with Crippen molar-refractivity contribution in [1.82, 2.24) is 4.57 Å². The maximum atomic E-state index is 15.0. The summed E-state index contributed by atoms with van der Waals surface area (Å²) in [7, 11) is 0. The van der Waals surface area contributed by atoms with E-state index in [4.69, 9.17) is 5.73 Å². The van der Waals surface area contributed by atoms with Gasteiger partial charge in [-0.25, -0.2) is 13.6 Å². The number of pyridine rings is 1. The van der Waals surface area contributed by atoms with E-state index in [2.05, 4.69) is 0 Å². The predicted molar refractivity (Wildman–Crippen MR) is 97.7 cm³/mol. The molecule has 2 aliphatic rings. The number of aromatic nitrogens is 1. The number of alkyl halides is 1. The van der Waals surface area contributed by atoms with Crippen molar-refractivity contribution in [3.05, 3.63) is 39.4 Å². The molecule has 6 nitrogen and oxygen atoms in total. The molecule has 1 spiro atoms. The number of carboxylic acid groups (broad SMARTS) is 1. The highest BCUT2D eigenvalue weighted by Crippen LogP contribution is 2.53. The van der Waals surface area contributed by atoms with Gasteiger partial charge in [0.25, 0.3) is 0 Å². The van der Waals surface area contributed by atoms with Gasteiger partial charge in [0.15, 0.2) is 0 Å². The fourth-order valence-electron chi connectivity index (χ4n) is 4.38. The average Bonchev–Trinajstić information content (AvgIpc) is 3.30. The van der Waals surface area contributed by atoms with Crippen molar-refractivity contribution in [2.45, 2.75) is 32.4 Å². The molecule has 1 unspecified atom stereocenters. The highest BCUT2D eigenvalue weighted by Gasteiger charge is 2.54. The van der Waals surface area contributed by atoms with Crippen LogP contribution in [-0.2, 0) is 6.54 Å². The number of carbonyl (C=O) groups is 1. The van der Waals surface area contributed by atoms with Gasteiger partial charge >= 0.3 is 5.97 Å². The number of aryl methyl sites for hydroxylation is 2. The zero-order valence-electron chi connectivity index (χ0n) is 15.0. The van der Waals surface area contributed by atoms with Crippen molar-refractivity contribution in [1.29, 1.82) is 0 Å². The number of hydrogen-bond donors (Lipinski definition) is 2. The zero-order chi connectivity index (χ0) is 19.5. The van der Waals surface area contributed by atoms with Gasteiger partial charge in [0.05, 0.1) is 17.7 Å². The largest absolute Gasteiger partial charge is 0.477 e. The molecule has 1 atom stereocenters. The molecule has 8 heteroatoms. The molecule has 1 aliphatic heterocycles. The van der Waals surface area contributed by atoms with E-state index in [1.807, 2.05) is 4.90 Å². The van der Waals surface area contributed by atoms with Crippen molar-refractivity contribution >= 4 is 22.6 Å². The van der Waals surface area contributed by atoms with Crippen LogP contribution < -0.4 is 16.1 Å². The van der Waals surface area contributed by atoms with E-state index in [9.17, 15) is 19.1 Å². The van der Waals surface area contributed by atoms with E-state index in [1.54, 1.807) is 6.92 Å². The zero-order valence-corrected chi connectivity index (χ0v) is 15.0. The Morgan fingerprint density at radius 2 is 2.15 bits per heavy atom. The molecule has 1 aromatic carbocycles. The third kappa shape index (κ3) is 2.62. The molecule has 1 saturated heterocycles. The fourth-order valence-corrected chi connectivity index (χ4v) is 4.38. The highest BCUT2D eigenvalue weighted by molar-refractivity contribution is 5.95. The second-order valence-corrected chi connectivity index (χ2v) is 7.64. The molecule has 4 rings (SSSR count). The first kappa shape index (κ1) is 17.9. The van der Waals surface area contributed by atoms with Gasteiger partial charge in [-0.15, -0.1) is 0 Å². The smallest absolute Gasteiger partial charge is 0.341 e. The van der Waals surface area contributed by atoms with E-state index < -0.39 is 29.5 Å². The van der Waals surface area contributed by atoms with Crippen LogP contribution in [0.1, 0.15) is 28.8 Å². The molecule has 0 bridgehead atoms. The number of nitrogens with zero attached hydrogens (tertiary/aromatic N) is 2. The summed E-state index contributed by atoms with van der Waals surface area (Å²) in [6.07, 6.45) is 3.18. The molecular weight excluding hydrogens is 356 g/mol. The molecule has 1 saturated carbocycles. The summed E-state index contributed by atoms with van der Waals surface area (Å²) < 4.78 is 29.5. The lowest BCUT2D eigenvalue weighted by molar-refractivity contribution is 0.0694. The van der Waals surface area contributed by atoms with Crippen LogP contribution in [0.25, 0.3) is 10.9 Å². The van der Waals surface area contributed by atoms with Gasteiger partial charge in [0, 0.05) is 36.1 Å². The molecule has 2 aromatic rings. The van der Waals surface area contributed by atoms with Crippen LogP contribution in [0, 0.1) is 18.2 Å². The highest BCUT2D eigenvalue weighted by atomic mass is 19.1. The van der Waals surface area contributed by atoms with Gasteiger partial charge in [-0.2, -0.15) is 0 Å². The first-order chi connectivity index (χ1) is 12.8. The standard InChI is InChI=1S/C19H21F2N3O3/c1-10-15-11(17(25)12(18(26)27)7-23(15)5-4-20)6-13(21)16(10)24-8-14(22)19(9-24)2-3-19/h6-7,14H,2-5,8-9,22H2,1H3,(H,26,27). The number of rotatable bonds is 4. The summed E-state index contributed by atoms with van der Waals surface area (Å²) in [5, 5.41) is 9.21. The lowest BCUT2D eigenvalue weighted by Gasteiger charge is -2.24. The quantitative estimate of drug-likeness (QED) is 0.851. The van der Waals surface area contributed by atoms with Crippen molar-refractivity contribution < 1.29 is 18.7 Å². The molecule has 2 heterocycles. The molecule has 144 valence electrons. The predicted octanol–water partition coefficient (Wildman–Crippen LogP) is 2.04. The first-order valence-corrected chi connectivity index (χ1v) is 8.95. The Labute approximate surface area is 154 Å². The SMILES string of the molecule is Cc1c(N2CC(N)C3(CC3)C2)c(F)cc2c(=O)c(C(=O)O)cn(CCF)c12. The summed E-state index contributed by atoms with van der Waals surface area (Å²) in [5.41, 5.74) is 6.24. The summed E-state index contributed by atoms with van der Waals surface area (Å²) >= 11 is 0. The van der Waals surface area contributed by atoms with Crippen LogP contribution in [0.4, 0.5) is 14.5 Å². The maximum absolute atomic E-state index is 15.0. The van der Waals surface area contributed by atoms with Crippen molar-refractivity contribution in [2.75, 3.05) is 24.7 Å². The number of benzene rings is 1. The third-order valence-electron chi connectivity index (χ3n) is 6.00. The Morgan fingerprint density at radius 3 is 2.70 bits per heavy atom. The van der Waals surface area contributed by atoms with Gasteiger partial charge in [-0.05, 0) is 31.4 Å². The molecule has 1 aromatic heterocycles. The molecule has 0 amide bonds. The molecule has 3 N–H and O–H groups in total. The van der Waals surface area contributed by atoms with E-state index in [-0.39, 0.29) is 23.4 Å². The summed E-state index contributed by atoms with van der Waals surface area (Å²) in [6, 6.07) is 1.04. The number of carboxylic acids is 1. The summed E-state index contributed by atoms with van der Waals surface area (Å²) in [4.78, 5) is 25.8. The molecule has 27 heavy (non-hydrogen) atoms. The van der Waals surface area contributed by atoms with Crippen molar-refractivity contribution in [3.63, 3.8) is 0 Å². The number of fused-ring (bicyclic) bond motifs is 1. The van der Waals surface area contributed by atoms with Crippen LogP contribution in [0.3, 0.4) is 0 Å². The van der Waals surface area contributed by atoms with Gasteiger partial charge in [-0.3, -0.25) is 4.79 Å². The number of hydrogen-bond acceptors (Lipinski definition) is 4. The molecule has 0 radical (unpaired) electrons. The monoisotopic (exact) mass is 377 g/mol. The Hall–Kier alpha value is -2.48. The van der Waals surface area contributed by atoms with Crippen LogP contribution in [0.5, 0.6) is 0 Å². The summed E-state index contributed by atoms with van der Waals surface area (Å²) in [5.74, 6) is -2.01. The van der Waals surface area contributed by atoms with E-state index in [1.165, 1.54) is 4.57 Å². The Bertz CT molecular complexity index is 1010. The van der Waals surface area contributed by atoms with E-state index in [0.29, 0.717) is 29.9 Å².